The first kappa shape index (κ1) is 27.6. The maximum Gasteiger partial charge on any atom is 0.0897 e. The standard InChI is InChI=1S/C36H47F/c1-2-3-4-5-6-8-29-10-12-31(13-11-29)14-15-32-18-22-34(23-19-32)36-26-24-35(25-27-36)33-20-16-30(17-21-33)9-7-28-37/h16-27,29,31H,2-15,28H2,1H3/t29-,31-. The van der Waals surface area contributed by atoms with E-state index in [0.29, 0.717) is 6.42 Å². The van der Waals surface area contributed by atoms with E-state index in [4.69, 9.17) is 0 Å². The van der Waals surface area contributed by atoms with Gasteiger partial charge in [0.25, 0.3) is 0 Å². The minimum absolute atomic E-state index is 0.246. The number of rotatable bonds is 14. The molecule has 1 aliphatic rings. The Balaban J connectivity index is 1.20. The van der Waals surface area contributed by atoms with Crippen LogP contribution in [0.4, 0.5) is 4.39 Å². The van der Waals surface area contributed by atoms with E-state index in [1.165, 1.54) is 110 Å². The zero-order chi connectivity index (χ0) is 25.7. The third kappa shape index (κ3) is 8.84. The molecule has 0 amide bonds. The Morgan fingerprint density at radius 2 is 0.946 bits per heavy atom. The Bertz CT molecular complexity index is 1010. The van der Waals surface area contributed by atoms with Gasteiger partial charge in [-0.25, -0.2) is 0 Å². The van der Waals surface area contributed by atoms with Gasteiger partial charge >= 0.3 is 0 Å². The summed E-state index contributed by atoms with van der Waals surface area (Å²) in [6.07, 6.45) is 18.4. The Morgan fingerprint density at radius 3 is 1.43 bits per heavy atom. The van der Waals surface area contributed by atoms with E-state index in [9.17, 15) is 4.39 Å². The van der Waals surface area contributed by atoms with E-state index in [2.05, 4.69) is 79.7 Å². The summed E-state index contributed by atoms with van der Waals surface area (Å²) in [5.41, 5.74) is 7.68. The van der Waals surface area contributed by atoms with Crippen LogP contribution in [0.5, 0.6) is 0 Å². The van der Waals surface area contributed by atoms with Crippen molar-refractivity contribution in [2.24, 2.45) is 11.8 Å². The summed E-state index contributed by atoms with van der Waals surface area (Å²) in [4.78, 5) is 0. The highest BCUT2D eigenvalue weighted by Crippen LogP contribution is 2.34. The lowest BCUT2D eigenvalue weighted by atomic mass is 9.77. The number of hydrogen-bond acceptors (Lipinski definition) is 0. The summed E-state index contributed by atoms with van der Waals surface area (Å²) in [5.74, 6) is 1.94. The molecule has 1 saturated carbocycles. The molecule has 3 aromatic carbocycles. The average Bonchev–Trinajstić information content (AvgIpc) is 2.96. The summed E-state index contributed by atoms with van der Waals surface area (Å²) in [6, 6.07) is 26.7. The monoisotopic (exact) mass is 498 g/mol. The van der Waals surface area contributed by atoms with E-state index in [-0.39, 0.29) is 6.67 Å². The predicted molar refractivity (Wildman–Crippen MR) is 159 cm³/mol. The van der Waals surface area contributed by atoms with Crippen molar-refractivity contribution in [2.45, 2.75) is 96.8 Å². The summed E-state index contributed by atoms with van der Waals surface area (Å²) in [6.45, 7) is 2.06. The van der Waals surface area contributed by atoms with Crippen LogP contribution in [0, 0.1) is 11.8 Å². The van der Waals surface area contributed by atoms with Crippen LogP contribution < -0.4 is 0 Å². The second-order valence-corrected chi connectivity index (χ2v) is 11.4. The van der Waals surface area contributed by atoms with Crippen molar-refractivity contribution < 1.29 is 4.39 Å². The molecule has 0 bridgehead atoms. The lowest BCUT2D eigenvalue weighted by Gasteiger charge is -2.28. The molecule has 0 aromatic heterocycles. The zero-order valence-electron chi connectivity index (χ0n) is 23.1. The number of unbranched alkanes of at least 4 members (excludes halogenated alkanes) is 4. The predicted octanol–water partition coefficient (Wildman–Crippen LogP) is 11.0. The fourth-order valence-electron chi connectivity index (χ4n) is 6.07. The van der Waals surface area contributed by atoms with Crippen LogP contribution in [0.3, 0.4) is 0 Å². The maximum absolute atomic E-state index is 12.4. The highest BCUT2D eigenvalue weighted by atomic mass is 19.1. The number of aryl methyl sites for hydroxylation is 2. The molecule has 0 atom stereocenters. The molecule has 4 rings (SSSR count). The maximum atomic E-state index is 12.4. The Hall–Kier alpha value is -2.41. The molecule has 0 spiro atoms. The van der Waals surface area contributed by atoms with Gasteiger partial charge in [-0.05, 0) is 70.9 Å². The Kier molecular flexibility index (Phi) is 11.3. The highest BCUT2D eigenvalue weighted by Gasteiger charge is 2.20. The van der Waals surface area contributed by atoms with Crippen molar-refractivity contribution in [3.05, 3.63) is 83.9 Å². The molecule has 1 fully saturated rings. The van der Waals surface area contributed by atoms with Gasteiger partial charge in [0.05, 0.1) is 6.67 Å². The van der Waals surface area contributed by atoms with E-state index >= 15 is 0 Å². The fraction of sp³-hybridized carbons (Fsp3) is 0.500. The quantitative estimate of drug-likeness (QED) is 0.194. The molecule has 3 aromatic rings. The number of halogens is 1. The molecule has 37 heavy (non-hydrogen) atoms. The topological polar surface area (TPSA) is 0 Å². The molecule has 0 saturated heterocycles. The Labute approximate surface area is 225 Å². The summed E-state index contributed by atoms with van der Waals surface area (Å²) in [7, 11) is 0. The average molecular weight is 499 g/mol. The fourth-order valence-corrected chi connectivity index (χ4v) is 6.07. The van der Waals surface area contributed by atoms with Crippen molar-refractivity contribution in [1.29, 1.82) is 0 Å². The normalized spacial score (nSPS) is 17.7. The number of benzene rings is 3. The van der Waals surface area contributed by atoms with Crippen LogP contribution in [0.25, 0.3) is 22.3 Å². The van der Waals surface area contributed by atoms with E-state index in [1.54, 1.807) is 0 Å². The summed E-state index contributed by atoms with van der Waals surface area (Å²) >= 11 is 0. The van der Waals surface area contributed by atoms with Gasteiger partial charge in [0.15, 0.2) is 0 Å². The van der Waals surface area contributed by atoms with Crippen molar-refractivity contribution >= 4 is 0 Å². The first-order valence-electron chi connectivity index (χ1n) is 15.1. The van der Waals surface area contributed by atoms with E-state index < -0.39 is 0 Å². The van der Waals surface area contributed by atoms with Crippen LogP contribution in [-0.4, -0.2) is 6.67 Å². The number of alkyl halides is 1. The number of hydrogen-bond donors (Lipinski definition) is 0. The molecule has 0 N–H and O–H groups in total. The van der Waals surface area contributed by atoms with Gasteiger partial charge in [-0.1, -0.05) is 144 Å². The van der Waals surface area contributed by atoms with Gasteiger partial charge in [-0.15, -0.1) is 0 Å². The molecule has 198 valence electrons. The lowest BCUT2D eigenvalue weighted by Crippen LogP contribution is -2.15. The zero-order valence-corrected chi connectivity index (χ0v) is 23.1. The van der Waals surface area contributed by atoms with Gasteiger partial charge in [-0.3, -0.25) is 4.39 Å². The van der Waals surface area contributed by atoms with E-state index in [0.717, 1.165) is 18.3 Å². The molecule has 0 aliphatic heterocycles. The molecular weight excluding hydrogens is 451 g/mol. The van der Waals surface area contributed by atoms with Crippen molar-refractivity contribution in [2.75, 3.05) is 6.67 Å². The van der Waals surface area contributed by atoms with Crippen LogP contribution in [-0.2, 0) is 12.8 Å². The van der Waals surface area contributed by atoms with Crippen LogP contribution in [0.2, 0.25) is 0 Å². The molecule has 1 aliphatic carbocycles. The minimum atomic E-state index is -0.246. The second kappa shape index (κ2) is 15.1. The molecule has 0 unspecified atom stereocenters. The van der Waals surface area contributed by atoms with Gasteiger partial charge in [0.2, 0.25) is 0 Å². The van der Waals surface area contributed by atoms with Gasteiger partial charge < -0.3 is 0 Å². The third-order valence-corrected chi connectivity index (χ3v) is 8.58. The largest absolute Gasteiger partial charge is 0.251 e. The highest BCUT2D eigenvalue weighted by molar-refractivity contribution is 5.70. The smallest absolute Gasteiger partial charge is 0.0897 e. The molecular formula is C36H47F. The van der Waals surface area contributed by atoms with E-state index in [1.807, 2.05) is 0 Å². The first-order chi connectivity index (χ1) is 18.2. The lowest BCUT2D eigenvalue weighted by molar-refractivity contribution is 0.249. The van der Waals surface area contributed by atoms with Gasteiger partial charge in [-0.2, -0.15) is 0 Å². The third-order valence-electron chi connectivity index (χ3n) is 8.58. The van der Waals surface area contributed by atoms with Crippen molar-refractivity contribution in [1.82, 2.24) is 0 Å². The van der Waals surface area contributed by atoms with Crippen molar-refractivity contribution in [3.8, 4) is 22.3 Å². The molecule has 1 heteroatoms. The van der Waals surface area contributed by atoms with Gasteiger partial charge in [0, 0.05) is 0 Å². The molecule has 0 radical (unpaired) electrons. The summed E-state index contributed by atoms with van der Waals surface area (Å²) < 4.78 is 12.4. The van der Waals surface area contributed by atoms with Crippen LogP contribution >= 0.6 is 0 Å². The minimum Gasteiger partial charge on any atom is -0.251 e. The van der Waals surface area contributed by atoms with Crippen molar-refractivity contribution in [3.63, 3.8) is 0 Å². The Morgan fingerprint density at radius 1 is 0.514 bits per heavy atom. The van der Waals surface area contributed by atoms with Gasteiger partial charge in [0.1, 0.15) is 0 Å². The molecule has 0 heterocycles. The molecule has 0 nitrogen and oxygen atoms in total. The first-order valence-corrected chi connectivity index (χ1v) is 15.1. The SMILES string of the molecule is CCCCCCC[C@H]1CC[C@H](CCc2ccc(-c3ccc(-c4ccc(CCCF)cc4)cc3)cc2)CC1. The van der Waals surface area contributed by atoms with Crippen LogP contribution in [0.15, 0.2) is 72.8 Å². The van der Waals surface area contributed by atoms with Crippen LogP contribution in [0.1, 0.15) is 95.1 Å². The summed E-state index contributed by atoms with van der Waals surface area (Å²) in [5, 5.41) is 0. The second-order valence-electron chi connectivity index (χ2n) is 11.4.